The van der Waals surface area contributed by atoms with E-state index in [1.165, 1.54) is 12.8 Å². The molecule has 0 aromatic heterocycles. The van der Waals surface area contributed by atoms with Crippen LogP contribution < -0.4 is 0 Å². The van der Waals surface area contributed by atoms with E-state index in [1.54, 1.807) is 0 Å². The van der Waals surface area contributed by atoms with Crippen molar-refractivity contribution in [3.05, 3.63) is 0 Å². The molecule has 106 valence electrons. The summed E-state index contributed by atoms with van der Waals surface area (Å²) in [6.45, 7) is 7.82. The molecule has 0 aromatic rings. The summed E-state index contributed by atoms with van der Waals surface area (Å²) < 4.78 is 5.34. The van der Waals surface area contributed by atoms with Crippen molar-refractivity contribution in [1.29, 1.82) is 0 Å². The van der Waals surface area contributed by atoms with E-state index in [1.807, 2.05) is 25.8 Å². The smallest absolute Gasteiger partial charge is 0.225 e. The van der Waals surface area contributed by atoms with Crippen LogP contribution in [-0.4, -0.2) is 37.1 Å². The zero-order valence-corrected chi connectivity index (χ0v) is 12.4. The van der Waals surface area contributed by atoms with E-state index in [2.05, 4.69) is 6.92 Å². The lowest BCUT2D eigenvalue weighted by atomic mass is 9.82. The molecule has 1 aliphatic heterocycles. The highest BCUT2D eigenvalue weighted by molar-refractivity contribution is 5.79. The van der Waals surface area contributed by atoms with Crippen LogP contribution in [0.4, 0.5) is 0 Å². The third-order valence-corrected chi connectivity index (χ3v) is 4.17. The van der Waals surface area contributed by atoms with Crippen LogP contribution in [0.1, 0.15) is 52.9 Å². The Kier molecular flexibility index (Phi) is 6.69. The van der Waals surface area contributed by atoms with Crippen molar-refractivity contribution >= 4 is 5.91 Å². The number of likely N-dealkylation sites (N-methyl/N-ethyl adjacent to an activating group) is 1. The molecule has 3 heteroatoms. The van der Waals surface area contributed by atoms with Crippen LogP contribution in [0.15, 0.2) is 0 Å². The Morgan fingerprint density at radius 3 is 2.22 bits per heavy atom. The average Bonchev–Trinajstić information content (AvgIpc) is 2.94. The summed E-state index contributed by atoms with van der Waals surface area (Å²) in [7, 11) is 1.94. The second-order valence-electron chi connectivity index (χ2n) is 5.42. The maximum Gasteiger partial charge on any atom is 0.225 e. The number of hydrogen-bond donors (Lipinski definition) is 0. The first kappa shape index (κ1) is 15.5. The first-order valence-electron chi connectivity index (χ1n) is 7.53. The Hall–Kier alpha value is -0.570. The molecule has 2 fully saturated rings. The van der Waals surface area contributed by atoms with Gasteiger partial charge in [0.15, 0.2) is 0 Å². The minimum absolute atomic E-state index is 0.279. The third kappa shape index (κ3) is 3.98. The molecule has 0 radical (unpaired) electrons. The summed E-state index contributed by atoms with van der Waals surface area (Å²) in [5, 5.41) is 0. The molecule has 1 heterocycles. The van der Waals surface area contributed by atoms with Gasteiger partial charge in [-0.3, -0.25) is 4.79 Å². The van der Waals surface area contributed by atoms with E-state index in [4.69, 9.17) is 4.74 Å². The molecule has 1 atom stereocenters. The van der Waals surface area contributed by atoms with Gasteiger partial charge in [0.05, 0.1) is 12.6 Å². The first-order chi connectivity index (χ1) is 8.68. The lowest BCUT2D eigenvalue weighted by molar-refractivity contribution is -0.137. The molecule has 1 unspecified atom stereocenters. The van der Waals surface area contributed by atoms with Gasteiger partial charge in [-0.1, -0.05) is 20.8 Å². The summed E-state index contributed by atoms with van der Waals surface area (Å²) in [5.74, 6) is 1.44. The van der Waals surface area contributed by atoms with Crippen molar-refractivity contribution in [3.8, 4) is 0 Å². The van der Waals surface area contributed by atoms with Crippen molar-refractivity contribution in [2.45, 2.75) is 58.9 Å². The number of hydrogen-bond acceptors (Lipinski definition) is 2. The van der Waals surface area contributed by atoms with Crippen molar-refractivity contribution in [2.24, 2.45) is 11.8 Å². The number of rotatable bonds is 2. The zero-order chi connectivity index (χ0) is 13.5. The highest BCUT2D eigenvalue weighted by Crippen LogP contribution is 2.30. The van der Waals surface area contributed by atoms with Crippen LogP contribution in [0.2, 0.25) is 0 Å². The summed E-state index contributed by atoms with van der Waals surface area (Å²) in [5.41, 5.74) is 0. The highest BCUT2D eigenvalue weighted by atomic mass is 16.5. The number of amides is 1. The van der Waals surface area contributed by atoms with E-state index >= 15 is 0 Å². The number of nitrogens with zero attached hydrogens (tertiary/aromatic N) is 1. The molecule has 3 nitrogen and oxygen atoms in total. The fourth-order valence-electron chi connectivity index (χ4n) is 2.80. The molecule has 0 aromatic carbocycles. The summed E-state index contributed by atoms with van der Waals surface area (Å²) in [6, 6.07) is 0.326. The average molecular weight is 255 g/mol. The standard InChI is InChI=1S/C13H23NO2.C2H6/c1-10-3-5-11(6-4-10)13(15)14(2)12-7-8-16-9-12;1-2/h10-12H,3-9H2,1-2H3;1-2H3. The third-order valence-electron chi connectivity index (χ3n) is 4.17. The van der Waals surface area contributed by atoms with Crippen LogP contribution in [0, 0.1) is 11.8 Å². The Morgan fingerprint density at radius 2 is 1.72 bits per heavy atom. The predicted octanol–water partition coefficient (Wildman–Crippen LogP) is 3.09. The minimum Gasteiger partial charge on any atom is -0.379 e. The Morgan fingerprint density at radius 1 is 1.11 bits per heavy atom. The SMILES string of the molecule is CC.CC1CCC(C(=O)N(C)C2CCOC2)CC1. The van der Waals surface area contributed by atoms with Gasteiger partial charge in [-0.15, -0.1) is 0 Å². The molecule has 2 rings (SSSR count). The van der Waals surface area contributed by atoms with E-state index in [0.717, 1.165) is 38.4 Å². The highest BCUT2D eigenvalue weighted by Gasteiger charge is 2.31. The van der Waals surface area contributed by atoms with Crippen molar-refractivity contribution in [1.82, 2.24) is 4.90 Å². The van der Waals surface area contributed by atoms with Gasteiger partial charge in [0, 0.05) is 19.6 Å². The molecule has 1 amide bonds. The molecule has 1 saturated carbocycles. The molecule has 1 aliphatic carbocycles. The molecule has 0 bridgehead atoms. The summed E-state index contributed by atoms with van der Waals surface area (Å²) in [4.78, 5) is 14.2. The fraction of sp³-hybridized carbons (Fsp3) is 0.933. The molecule has 0 N–H and O–H groups in total. The summed E-state index contributed by atoms with van der Waals surface area (Å²) in [6.07, 6.45) is 5.60. The number of ether oxygens (including phenoxy) is 1. The predicted molar refractivity (Wildman–Crippen MR) is 74.5 cm³/mol. The van der Waals surface area contributed by atoms with Crippen molar-refractivity contribution in [2.75, 3.05) is 20.3 Å². The fourth-order valence-corrected chi connectivity index (χ4v) is 2.80. The van der Waals surface area contributed by atoms with E-state index in [-0.39, 0.29) is 5.92 Å². The van der Waals surface area contributed by atoms with Gasteiger partial charge < -0.3 is 9.64 Å². The van der Waals surface area contributed by atoms with E-state index < -0.39 is 0 Å². The Balaban J connectivity index is 0.000000771. The molecular weight excluding hydrogens is 226 g/mol. The Bertz CT molecular complexity index is 241. The lowest BCUT2D eigenvalue weighted by Gasteiger charge is -2.31. The van der Waals surface area contributed by atoms with Gasteiger partial charge >= 0.3 is 0 Å². The molecular formula is C15H29NO2. The largest absolute Gasteiger partial charge is 0.379 e. The van der Waals surface area contributed by atoms with Gasteiger partial charge in [0.1, 0.15) is 0 Å². The van der Waals surface area contributed by atoms with Gasteiger partial charge in [0.2, 0.25) is 5.91 Å². The van der Waals surface area contributed by atoms with Crippen LogP contribution in [0.25, 0.3) is 0 Å². The number of carbonyl (C=O) groups is 1. The minimum atomic E-state index is 0.279. The van der Waals surface area contributed by atoms with Crippen molar-refractivity contribution in [3.63, 3.8) is 0 Å². The topological polar surface area (TPSA) is 29.5 Å². The van der Waals surface area contributed by atoms with E-state index in [0.29, 0.717) is 11.9 Å². The first-order valence-corrected chi connectivity index (χ1v) is 7.53. The quantitative estimate of drug-likeness (QED) is 0.759. The molecule has 18 heavy (non-hydrogen) atoms. The second kappa shape index (κ2) is 7.78. The van der Waals surface area contributed by atoms with Crippen LogP contribution in [0.5, 0.6) is 0 Å². The number of carbonyl (C=O) groups excluding carboxylic acids is 1. The molecule has 0 spiro atoms. The maximum absolute atomic E-state index is 12.3. The lowest BCUT2D eigenvalue weighted by Crippen LogP contribution is -2.41. The van der Waals surface area contributed by atoms with Gasteiger partial charge in [-0.05, 0) is 38.0 Å². The summed E-state index contributed by atoms with van der Waals surface area (Å²) >= 11 is 0. The van der Waals surface area contributed by atoms with Crippen LogP contribution in [0.3, 0.4) is 0 Å². The Labute approximate surface area is 112 Å². The van der Waals surface area contributed by atoms with Crippen LogP contribution >= 0.6 is 0 Å². The maximum atomic E-state index is 12.3. The van der Waals surface area contributed by atoms with E-state index in [9.17, 15) is 4.79 Å². The van der Waals surface area contributed by atoms with Crippen molar-refractivity contribution < 1.29 is 9.53 Å². The second-order valence-corrected chi connectivity index (χ2v) is 5.42. The molecule has 1 saturated heterocycles. The van der Waals surface area contributed by atoms with Crippen LogP contribution in [-0.2, 0) is 9.53 Å². The zero-order valence-electron chi connectivity index (χ0n) is 12.4. The van der Waals surface area contributed by atoms with Gasteiger partial charge in [-0.2, -0.15) is 0 Å². The van der Waals surface area contributed by atoms with Gasteiger partial charge in [-0.25, -0.2) is 0 Å². The van der Waals surface area contributed by atoms with Gasteiger partial charge in [0.25, 0.3) is 0 Å². The normalized spacial score (nSPS) is 31.4. The molecule has 2 aliphatic rings. The monoisotopic (exact) mass is 255 g/mol.